The summed E-state index contributed by atoms with van der Waals surface area (Å²) in [5, 5.41) is 3.18. The van der Waals surface area contributed by atoms with Gasteiger partial charge in [0.05, 0.1) is 19.6 Å². The highest BCUT2D eigenvalue weighted by Crippen LogP contribution is 2.17. The summed E-state index contributed by atoms with van der Waals surface area (Å²) >= 11 is 0. The zero-order chi connectivity index (χ0) is 14.4. The minimum absolute atomic E-state index is 0.0658. The number of carbonyl (C=O) groups excluding carboxylic acids is 2. The second-order valence-electron chi connectivity index (χ2n) is 4.76. The average Bonchev–Trinajstić information content (AvgIpc) is 2.45. The molecule has 3 atom stereocenters. The number of piperazine rings is 1. The summed E-state index contributed by atoms with van der Waals surface area (Å²) in [5.74, 6) is -0.771. The average molecular weight is 272 g/mol. The molecule has 1 heterocycles. The molecule has 0 aromatic carbocycles. The van der Waals surface area contributed by atoms with E-state index in [0.717, 1.165) is 6.54 Å². The molecule has 1 aliphatic rings. The molecule has 1 fully saturated rings. The second-order valence-corrected chi connectivity index (χ2v) is 4.76. The van der Waals surface area contributed by atoms with E-state index in [1.807, 2.05) is 18.7 Å². The van der Waals surface area contributed by atoms with Gasteiger partial charge < -0.3 is 14.8 Å². The van der Waals surface area contributed by atoms with Gasteiger partial charge in [-0.3, -0.25) is 14.5 Å². The van der Waals surface area contributed by atoms with Gasteiger partial charge in [-0.25, -0.2) is 0 Å². The van der Waals surface area contributed by atoms with Crippen LogP contribution in [0, 0.1) is 5.92 Å². The fourth-order valence-corrected chi connectivity index (χ4v) is 2.33. The lowest BCUT2D eigenvalue weighted by molar-refractivity contribution is -0.155. The third-order valence-corrected chi connectivity index (χ3v) is 3.66. The number of methoxy groups -OCH3 is 1. The maximum absolute atomic E-state index is 12.0. The summed E-state index contributed by atoms with van der Waals surface area (Å²) in [6.45, 7) is 7.99. The first-order valence-electron chi connectivity index (χ1n) is 6.73. The Kier molecular flexibility index (Phi) is 6.24. The number of nitrogens with one attached hydrogen (secondary N) is 1. The summed E-state index contributed by atoms with van der Waals surface area (Å²) in [4.78, 5) is 25.6. The number of hydrogen-bond donors (Lipinski definition) is 1. The summed E-state index contributed by atoms with van der Waals surface area (Å²) in [6.07, 6.45) is 0. The van der Waals surface area contributed by atoms with Crippen molar-refractivity contribution in [3.63, 3.8) is 0 Å². The maximum atomic E-state index is 12.0. The van der Waals surface area contributed by atoms with Crippen molar-refractivity contribution in [2.45, 2.75) is 32.9 Å². The summed E-state index contributed by atoms with van der Waals surface area (Å²) in [6, 6.07) is -0.403. The Morgan fingerprint density at radius 1 is 1.42 bits per heavy atom. The van der Waals surface area contributed by atoms with Crippen LogP contribution in [-0.4, -0.2) is 62.3 Å². The van der Waals surface area contributed by atoms with Gasteiger partial charge in [0, 0.05) is 25.7 Å². The number of ether oxygens (including phenoxy) is 2. The van der Waals surface area contributed by atoms with Crippen molar-refractivity contribution in [1.82, 2.24) is 10.2 Å². The lowest BCUT2D eigenvalue weighted by Crippen LogP contribution is -2.59. The molecule has 6 heteroatoms. The highest BCUT2D eigenvalue weighted by Gasteiger charge is 2.36. The van der Waals surface area contributed by atoms with Gasteiger partial charge in [0.2, 0.25) is 0 Å². The predicted octanol–water partition coefficient (Wildman–Crippen LogP) is 0.0209. The van der Waals surface area contributed by atoms with E-state index >= 15 is 0 Å². The van der Waals surface area contributed by atoms with Crippen LogP contribution in [0.5, 0.6) is 0 Å². The molecule has 0 saturated carbocycles. The molecule has 1 saturated heterocycles. The Labute approximate surface area is 114 Å². The lowest BCUT2D eigenvalue weighted by atomic mass is 9.99. The normalized spacial score (nSPS) is 23.5. The minimum atomic E-state index is -0.337. The smallest absolute Gasteiger partial charge is 0.324 e. The number of nitrogens with zero attached hydrogens (tertiary/aromatic N) is 1. The molecule has 110 valence electrons. The molecule has 1 aliphatic heterocycles. The Morgan fingerprint density at radius 3 is 2.68 bits per heavy atom. The van der Waals surface area contributed by atoms with Crippen molar-refractivity contribution in [3.8, 4) is 0 Å². The molecule has 0 radical (unpaired) electrons. The molecular formula is C13H24N2O4. The fourth-order valence-electron chi connectivity index (χ4n) is 2.33. The molecule has 1 rings (SSSR count). The van der Waals surface area contributed by atoms with Gasteiger partial charge >= 0.3 is 11.9 Å². The highest BCUT2D eigenvalue weighted by molar-refractivity contribution is 5.77. The van der Waals surface area contributed by atoms with Crippen molar-refractivity contribution in [2.24, 2.45) is 5.92 Å². The van der Waals surface area contributed by atoms with E-state index < -0.39 is 0 Å². The van der Waals surface area contributed by atoms with Gasteiger partial charge in [0.25, 0.3) is 0 Å². The molecule has 0 aliphatic carbocycles. The van der Waals surface area contributed by atoms with E-state index in [-0.39, 0.29) is 29.9 Å². The number of hydrogen-bond acceptors (Lipinski definition) is 6. The van der Waals surface area contributed by atoms with Crippen LogP contribution < -0.4 is 5.32 Å². The van der Waals surface area contributed by atoms with Crippen molar-refractivity contribution >= 4 is 11.9 Å². The van der Waals surface area contributed by atoms with Gasteiger partial charge in [-0.2, -0.15) is 0 Å². The SMILES string of the molecule is CCOC(=O)C1CNCCN1C(C)C(C)C(=O)OC. The molecule has 1 N–H and O–H groups in total. The van der Waals surface area contributed by atoms with Crippen molar-refractivity contribution in [2.75, 3.05) is 33.4 Å². The van der Waals surface area contributed by atoms with E-state index in [2.05, 4.69) is 5.32 Å². The van der Waals surface area contributed by atoms with E-state index in [4.69, 9.17) is 9.47 Å². The van der Waals surface area contributed by atoms with Crippen LogP contribution in [0.4, 0.5) is 0 Å². The quantitative estimate of drug-likeness (QED) is 0.712. The zero-order valence-corrected chi connectivity index (χ0v) is 12.1. The molecular weight excluding hydrogens is 248 g/mol. The zero-order valence-electron chi connectivity index (χ0n) is 12.1. The Morgan fingerprint density at radius 2 is 2.11 bits per heavy atom. The van der Waals surface area contributed by atoms with E-state index in [1.54, 1.807) is 6.92 Å². The molecule has 6 nitrogen and oxygen atoms in total. The first-order valence-corrected chi connectivity index (χ1v) is 6.73. The third kappa shape index (κ3) is 3.91. The van der Waals surface area contributed by atoms with Crippen LogP contribution in [0.25, 0.3) is 0 Å². The first kappa shape index (κ1) is 15.9. The van der Waals surface area contributed by atoms with Gasteiger partial charge in [-0.15, -0.1) is 0 Å². The summed E-state index contributed by atoms with van der Waals surface area (Å²) in [5.41, 5.74) is 0. The maximum Gasteiger partial charge on any atom is 0.324 e. The van der Waals surface area contributed by atoms with E-state index in [1.165, 1.54) is 7.11 Å². The fraction of sp³-hybridized carbons (Fsp3) is 0.846. The number of rotatable bonds is 5. The van der Waals surface area contributed by atoms with Crippen LogP contribution in [0.3, 0.4) is 0 Å². The topological polar surface area (TPSA) is 67.9 Å². The Bertz CT molecular complexity index is 322. The molecule has 0 aromatic heterocycles. The van der Waals surface area contributed by atoms with Gasteiger partial charge in [0.1, 0.15) is 6.04 Å². The lowest BCUT2D eigenvalue weighted by Gasteiger charge is -2.40. The van der Waals surface area contributed by atoms with Crippen LogP contribution >= 0.6 is 0 Å². The standard InChI is InChI=1S/C13H24N2O4/c1-5-19-13(17)11-8-14-6-7-15(11)10(3)9(2)12(16)18-4/h9-11,14H,5-8H2,1-4H3. The van der Waals surface area contributed by atoms with E-state index in [9.17, 15) is 9.59 Å². The van der Waals surface area contributed by atoms with Crippen LogP contribution in [0.15, 0.2) is 0 Å². The summed E-state index contributed by atoms with van der Waals surface area (Å²) in [7, 11) is 1.38. The predicted molar refractivity (Wildman–Crippen MR) is 70.6 cm³/mol. The Hall–Kier alpha value is -1.14. The van der Waals surface area contributed by atoms with Crippen LogP contribution in [0.2, 0.25) is 0 Å². The molecule has 3 unspecified atom stereocenters. The van der Waals surface area contributed by atoms with Crippen molar-refractivity contribution < 1.29 is 19.1 Å². The molecule has 0 bridgehead atoms. The minimum Gasteiger partial charge on any atom is -0.469 e. The van der Waals surface area contributed by atoms with Gasteiger partial charge in [-0.05, 0) is 13.8 Å². The number of esters is 2. The monoisotopic (exact) mass is 272 g/mol. The molecule has 0 amide bonds. The summed E-state index contributed by atoms with van der Waals surface area (Å²) < 4.78 is 9.86. The third-order valence-electron chi connectivity index (χ3n) is 3.66. The first-order chi connectivity index (χ1) is 9.02. The van der Waals surface area contributed by atoms with Crippen LogP contribution in [-0.2, 0) is 19.1 Å². The van der Waals surface area contributed by atoms with Gasteiger partial charge in [-0.1, -0.05) is 6.92 Å². The number of carbonyl (C=O) groups is 2. The largest absolute Gasteiger partial charge is 0.469 e. The Balaban J connectivity index is 2.75. The van der Waals surface area contributed by atoms with Gasteiger partial charge in [0.15, 0.2) is 0 Å². The van der Waals surface area contributed by atoms with Crippen molar-refractivity contribution in [1.29, 1.82) is 0 Å². The second kappa shape index (κ2) is 7.45. The molecule has 19 heavy (non-hydrogen) atoms. The molecule has 0 aromatic rings. The van der Waals surface area contributed by atoms with Crippen LogP contribution in [0.1, 0.15) is 20.8 Å². The van der Waals surface area contributed by atoms with Crippen molar-refractivity contribution in [3.05, 3.63) is 0 Å². The highest BCUT2D eigenvalue weighted by atomic mass is 16.5. The van der Waals surface area contributed by atoms with E-state index in [0.29, 0.717) is 19.7 Å². The molecule has 0 spiro atoms.